The SMILES string of the molecule is CC(C)C(C(=O)NCC=O)N(C)C.CCC.CCC(C)C(C(CC(=O)N1CCCC1C(OC)C(C)C(=O)NC(C)C)OC)N(C)C.Cc1cc(COC=O)ccc1O.O=CNCCO. The van der Waals surface area contributed by atoms with E-state index in [0.29, 0.717) is 44.6 Å². The van der Waals surface area contributed by atoms with Gasteiger partial charge in [-0.05, 0) is 96.9 Å². The second-order valence-corrected chi connectivity index (χ2v) is 16.9. The molecule has 1 saturated heterocycles. The van der Waals surface area contributed by atoms with Gasteiger partial charge in [-0.3, -0.25) is 28.9 Å². The summed E-state index contributed by atoms with van der Waals surface area (Å²) in [5.74, 6) is 0.536. The third-order valence-electron chi connectivity index (χ3n) is 10.2. The molecule has 1 aliphatic heterocycles. The van der Waals surface area contributed by atoms with Crippen LogP contribution in [0.4, 0.5) is 0 Å². The van der Waals surface area contributed by atoms with E-state index in [0.717, 1.165) is 30.4 Å². The number of aliphatic hydroxyl groups is 1. The van der Waals surface area contributed by atoms with E-state index in [1.807, 2.05) is 72.6 Å². The summed E-state index contributed by atoms with van der Waals surface area (Å²) in [4.78, 5) is 72.5. The number of amides is 4. The molecule has 4 amide bonds. The number of carbonyl (C=O) groups is 6. The number of aliphatic hydroxyl groups excluding tert-OH is 1. The van der Waals surface area contributed by atoms with E-state index in [2.05, 4.69) is 53.3 Å². The highest BCUT2D eigenvalue weighted by molar-refractivity contribution is 5.83. The third kappa shape index (κ3) is 26.6. The fraction of sp³-hybridized carbons (Fsp3) is 0.745. The number of nitrogens with one attached hydrogen (secondary N) is 3. The van der Waals surface area contributed by atoms with Crippen molar-refractivity contribution in [2.75, 3.05) is 68.7 Å². The molecule has 0 aliphatic carbocycles. The topological polar surface area (TPSA) is 216 Å². The molecule has 7 atom stereocenters. The van der Waals surface area contributed by atoms with Gasteiger partial charge >= 0.3 is 0 Å². The Hall–Kier alpha value is -4.16. The van der Waals surface area contributed by atoms with Crippen LogP contribution in [0.1, 0.15) is 106 Å². The van der Waals surface area contributed by atoms with Crippen molar-refractivity contribution in [3.8, 4) is 5.75 Å². The van der Waals surface area contributed by atoms with E-state index in [1.165, 1.54) is 6.42 Å². The van der Waals surface area contributed by atoms with E-state index in [1.54, 1.807) is 39.3 Å². The molecular formula is C47H88N6O11. The summed E-state index contributed by atoms with van der Waals surface area (Å²) in [6.45, 7) is 22.0. The van der Waals surface area contributed by atoms with Crippen molar-refractivity contribution in [2.24, 2.45) is 17.8 Å². The number of rotatable bonds is 23. The minimum absolute atomic E-state index is 0.0126. The molecule has 0 aromatic heterocycles. The first-order chi connectivity index (χ1) is 30.1. The maximum Gasteiger partial charge on any atom is 0.293 e. The van der Waals surface area contributed by atoms with Gasteiger partial charge in [-0.2, -0.15) is 0 Å². The van der Waals surface area contributed by atoms with E-state index >= 15 is 0 Å². The number of carbonyl (C=O) groups excluding carboxylic acids is 6. The number of nitrogens with zero attached hydrogens (tertiary/aromatic N) is 3. The lowest BCUT2D eigenvalue weighted by Crippen LogP contribution is -2.52. The minimum Gasteiger partial charge on any atom is -0.508 e. The van der Waals surface area contributed by atoms with E-state index in [-0.39, 0.29) is 91.4 Å². The molecule has 5 N–H and O–H groups in total. The molecule has 1 aromatic carbocycles. The fourth-order valence-corrected chi connectivity index (χ4v) is 7.23. The largest absolute Gasteiger partial charge is 0.508 e. The highest BCUT2D eigenvalue weighted by Crippen LogP contribution is 2.29. The van der Waals surface area contributed by atoms with E-state index in [9.17, 15) is 28.8 Å². The molecule has 17 heteroatoms. The van der Waals surface area contributed by atoms with Crippen molar-refractivity contribution >= 4 is 36.9 Å². The molecule has 1 aliphatic rings. The van der Waals surface area contributed by atoms with Gasteiger partial charge in [0.25, 0.3) is 6.47 Å². The molecule has 17 nitrogen and oxygen atoms in total. The predicted molar refractivity (Wildman–Crippen MR) is 253 cm³/mol. The smallest absolute Gasteiger partial charge is 0.293 e. The lowest BCUT2D eigenvalue weighted by molar-refractivity contribution is -0.143. The molecule has 7 unspecified atom stereocenters. The number of aromatic hydroxyl groups is 1. The van der Waals surface area contributed by atoms with Crippen LogP contribution in [0.2, 0.25) is 0 Å². The summed E-state index contributed by atoms with van der Waals surface area (Å²) in [5.41, 5.74) is 1.65. The van der Waals surface area contributed by atoms with Crippen LogP contribution in [0, 0.1) is 24.7 Å². The van der Waals surface area contributed by atoms with Crippen LogP contribution in [-0.4, -0.2) is 167 Å². The Morgan fingerprint density at radius 1 is 0.938 bits per heavy atom. The van der Waals surface area contributed by atoms with Gasteiger partial charge in [0, 0.05) is 39.4 Å². The first-order valence-corrected chi connectivity index (χ1v) is 22.5. The summed E-state index contributed by atoms with van der Waals surface area (Å²) in [7, 11) is 11.1. The average Bonchev–Trinajstić information content (AvgIpc) is 3.72. The molecule has 372 valence electrons. The van der Waals surface area contributed by atoms with Gasteiger partial charge in [0.1, 0.15) is 18.6 Å². The van der Waals surface area contributed by atoms with Crippen LogP contribution >= 0.6 is 0 Å². The number of hydrogen-bond donors (Lipinski definition) is 5. The van der Waals surface area contributed by atoms with Gasteiger partial charge < -0.3 is 55.0 Å². The number of likely N-dealkylation sites (tertiary alicyclic amines) is 1. The molecule has 1 aromatic rings. The second kappa shape index (κ2) is 38.1. The average molecular weight is 913 g/mol. The number of methoxy groups -OCH3 is 2. The normalized spacial score (nSPS) is 15.8. The monoisotopic (exact) mass is 913 g/mol. The summed E-state index contributed by atoms with van der Waals surface area (Å²) in [5, 5.41) is 24.9. The number of ether oxygens (including phenoxy) is 3. The predicted octanol–water partition coefficient (Wildman–Crippen LogP) is 3.94. The van der Waals surface area contributed by atoms with Crippen LogP contribution in [-0.2, 0) is 49.6 Å². The van der Waals surface area contributed by atoms with Gasteiger partial charge in [0.2, 0.25) is 24.1 Å². The number of hydrogen-bond acceptors (Lipinski definition) is 13. The highest BCUT2D eigenvalue weighted by Gasteiger charge is 2.41. The lowest BCUT2D eigenvalue weighted by atomic mass is 9.90. The molecule has 1 heterocycles. The Morgan fingerprint density at radius 3 is 1.95 bits per heavy atom. The number of likely N-dealkylation sites (N-methyl/N-ethyl adjacent to an activating group) is 2. The van der Waals surface area contributed by atoms with Crippen molar-refractivity contribution < 1.29 is 53.2 Å². The Bertz CT molecular complexity index is 1410. The summed E-state index contributed by atoms with van der Waals surface area (Å²) >= 11 is 0. The second-order valence-electron chi connectivity index (χ2n) is 16.9. The van der Waals surface area contributed by atoms with Crippen LogP contribution in [0.3, 0.4) is 0 Å². The Labute approximate surface area is 385 Å². The molecule has 0 spiro atoms. The summed E-state index contributed by atoms with van der Waals surface area (Å²) in [6, 6.07) is 5.06. The van der Waals surface area contributed by atoms with Crippen LogP contribution in [0.25, 0.3) is 0 Å². The first-order valence-electron chi connectivity index (χ1n) is 22.5. The standard InChI is InChI=1S/C23H45N3O4.C9H18N2O2.C9H10O3.C3H7NO2.C3H8/c1-10-16(4)21(25(6)7)19(29-8)14-20(27)26-13-11-12-18(26)22(30-9)17(5)23(28)24-15(2)3;1-7(2)8(11(3)4)9(13)10-5-6-12;1-7-4-8(5-12-6-10)2-3-9(7)11;5-2-1-4-3-6;1-3-2/h15-19,21-22H,10-14H2,1-9H3,(H,24,28);6-8H,5H2,1-4H3,(H,10,13);2-4,6,11H,5H2,1H3;3,5H,1-2H2,(H,4,6);3H2,1-2H3. The van der Waals surface area contributed by atoms with Crippen LogP contribution < -0.4 is 16.0 Å². The van der Waals surface area contributed by atoms with Crippen LogP contribution in [0.5, 0.6) is 5.75 Å². The molecule has 0 saturated carbocycles. The van der Waals surface area contributed by atoms with E-state index < -0.39 is 0 Å². The fourth-order valence-electron chi connectivity index (χ4n) is 7.23. The molecule has 0 bridgehead atoms. The van der Waals surface area contributed by atoms with E-state index in [4.69, 9.17) is 19.7 Å². The zero-order valence-electron chi connectivity index (χ0n) is 42.1. The number of benzene rings is 1. The molecule has 2 rings (SSSR count). The zero-order chi connectivity index (χ0) is 49.9. The van der Waals surface area contributed by atoms with Gasteiger partial charge in [0.15, 0.2) is 0 Å². The van der Waals surface area contributed by atoms with Gasteiger partial charge in [-0.15, -0.1) is 0 Å². The minimum atomic E-state index is -0.330. The Kier molecular flexibility index (Phi) is 38.2. The van der Waals surface area contributed by atoms with Crippen molar-refractivity contribution in [3.05, 3.63) is 29.3 Å². The Morgan fingerprint density at radius 2 is 1.55 bits per heavy atom. The highest BCUT2D eigenvalue weighted by atomic mass is 16.5. The summed E-state index contributed by atoms with van der Waals surface area (Å²) in [6.07, 6.45) is 5.13. The number of aryl methyl sites for hydroxylation is 1. The summed E-state index contributed by atoms with van der Waals surface area (Å²) < 4.78 is 16.1. The molecule has 0 radical (unpaired) electrons. The third-order valence-corrected chi connectivity index (χ3v) is 10.2. The first kappa shape index (κ1) is 64.1. The van der Waals surface area contributed by atoms with Crippen molar-refractivity contribution in [1.29, 1.82) is 0 Å². The quantitative estimate of drug-likeness (QED) is 0.0778. The van der Waals surface area contributed by atoms with Crippen molar-refractivity contribution in [2.45, 2.75) is 144 Å². The zero-order valence-corrected chi connectivity index (χ0v) is 42.1. The van der Waals surface area contributed by atoms with Crippen molar-refractivity contribution in [3.63, 3.8) is 0 Å². The Balaban J connectivity index is -0.000000895. The van der Waals surface area contributed by atoms with Gasteiger partial charge in [-0.1, -0.05) is 67.4 Å². The maximum absolute atomic E-state index is 13.3. The molecule has 64 heavy (non-hydrogen) atoms. The van der Waals surface area contributed by atoms with Crippen molar-refractivity contribution in [1.82, 2.24) is 30.7 Å². The van der Waals surface area contributed by atoms with Gasteiger partial charge in [0.05, 0.1) is 49.8 Å². The maximum atomic E-state index is 13.3. The molecule has 1 fully saturated rings. The van der Waals surface area contributed by atoms with Gasteiger partial charge in [-0.25, -0.2) is 0 Å². The lowest BCUT2D eigenvalue weighted by Gasteiger charge is -2.38. The molecular weight excluding hydrogens is 825 g/mol. The number of aldehydes is 1. The number of phenols is 1. The number of phenolic OH excluding ortho intramolecular Hbond substituents is 1. The van der Waals surface area contributed by atoms with Crippen LogP contribution in [0.15, 0.2) is 18.2 Å².